The van der Waals surface area contributed by atoms with Crippen LogP contribution in [0.3, 0.4) is 0 Å². The highest BCUT2D eigenvalue weighted by atomic mass is 35.5. The van der Waals surface area contributed by atoms with E-state index in [2.05, 4.69) is 0 Å². The second-order valence-corrected chi connectivity index (χ2v) is 3.12. The molecule has 0 atom stereocenters. The molecule has 0 spiro atoms. The highest BCUT2D eigenvalue weighted by molar-refractivity contribution is 6.31. The zero-order chi connectivity index (χ0) is 10.6. The molecule has 0 N–H and O–H groups in total. The average Bonchev–Trinajstić information content (AvgIpc) is 2.18. The minimum absolute atomic E-state index is 0.0263. The summed E-state index contributed by atoms with van der Waals surface area (Å²) in [5.74, 6) is -1.34. The van der Waals surface area contributed by atoms with E-state index in [0.29, 0.717) is 0 Å². The van der Waals surface area contributed by atoms with E-state index in [4.69, 9.17) is 22.1 Å². The number of nitrogens with zero attached hydrogens (tertiary/aromatic N) is 2. The van der Waals surface area contributed by atoms with Crippen molar-refractivity contribution in [2.24, 2.45) is 5.92 Å². The van der Waals surface area contributed by atoms with E-state index < -0.39 is 11.7 Å². The Morgan fingerprint density at radius 2 is 2.00 bits per heavy atom. The van der Waals surface area contributed by atoms with E-state index >= 15 is 0 Å². The molecule has 2 nitrogen and oxygen atoms in total. The standard InChI is InChI=1S/C10H6ClFN2/c11-9-2-1-3-10(12)8(9)4-7(5-13)6-14/h1-3,7H,4H2. The maximum atomic E-state index is 13.2. The predicted octanol–water partition coefficient (Wildman–Crippen LogP) is 2.68. The summed E-state index contributed by atoms with van der Waals surface area (Å²) in [6.07, 6.45) is 0.0263. The molecule has 0 fully saturated rings. The first-order chi connectivity index (χ1) is 6.69. The van der Waals surface area contributed by atoms with Crippen LogP contribution in [0.2, 0.25) is 5.02 Å². The molecule has 1 aromatic rings. The molecule has 0 heterocycles. The summed E-state index contributed by atoms with van der Waals surface area (Å²) >= 11 is 5.73. The van der Waals surface area contributed by atoms with E-state index in [-0.39, 0.29) is 17.0 Å². The lowest BCUT2D eigenvalue weighted by atomic mass is 10.0. The molecule has 0 radical (unpaired) electrons. The smallest absolute Gasteiger partial charge is 0.137 e. The minimum atomic E-state index is -0.857. The molecule has 0 saturated carbocycles. The van der Waals surface area contributed by atoms with Gasteiger partial charge in [0, 0.05) is 17.0 Å². The van der Waals surface area contributed by atoms with Crippen LogP contribution in [0.1, 0.15) is 5.56 Å². The van der Waals surface area contributed by atoms with Crippen molar-refractivity contribution in [3.63, 3.8) is 0 Å². The molecule has 0 bridgehead atoms. The Labute approximate surface area is 86.1 Å². The summed E-state index contributed by atoms with van der Waals surface area (Å²) in [5.41, 5.74) is 0.224. The van der Waals surface area contributed by atoms with Crippen LogP contribution in [-0.4, -0.2) is 0 Å². The monoisotopic (exact) mass is 208 g/mol. The fourth-order valence-corrected chi connectivity index (χ4v) is 1.29. The molecular weight excluding hydrogens is 203 g/mol. The quantitative estimate of drug-likeness (QED) is 0.750. The molecule has 0 unspecified atom stereocenters. The third-order valence-corrected chi connectivity index (χ3v) is 2.14. The first-order valence-electron chi connectivity index (χ1n) is 3.91. The summed E-state index contributed by atoms with van der Waals surface area (Å²) < 4.78 is 13.2. The van der Waals surface area contributed by atoms with Crippen LogP contribution < -0.4 is 0 Å². The van der Waals surface area contributed by atoms with Gasteiger partial charge in [-0.1, -0.05) is 17.7 Å². The molecule has 0 amide bonds. The summed E-state index contributed by atoms with van der Waals surface area (Å²) in [7, 11) is 0. The zero-order valence-corrected chi connectivity index (χ0v) is 7.92. The van der Waals surface area contributed by atoms with Crippen molar-refractivity contribution in [1.82, 2.24) is 0 Å². The Hall–Kier alpha value is -1.58. The van der Waals surface area contributed by atoms with Gasteiger partial charge in [0.05, 0.1) is 12.1 Å². The zero-order valence-electron chi connectivity index (χ0n) is 7.17. The fourth-order valence-electron chi connectivity index (χ4n) is 1.05. The predicted molar refractivity (Wildman–Crippen MR) is 49.8 cm³/mol. The largest absolute Gasteiger partial charge is 0.207 e. The Kier molecular flexibility index (Phi) is 3.45. The van der Waals surface area contributed by atoms with Gasteiger partial charge < -0.3 is 0 Å². The SMILES string of the molecule is N#CC(C#N)Cc1c(F)cccc1Cl. The van der Waals surface area contributed by atoms with Crippen molar-refractivity contribution in [2.45, 2.75) is 6.42 Å². The van der Waals surface area contributed by atoms with Crippen LogP contribution in [-0.2, 0) is 6.42 Å². The molecule has 0 saturated heterocycles. The maximum Gasteiger partial charge on any atom is 0.137 e. The highest BCUT2D eigenvalue weighted by Crippen LogP contribution is 2.21. The van der Waals surface area contributed by atoms with Gasteiger partial charge in [0.15, 0.2) is 0 Å². The Morgan fingerprint density at radius 1 is 1.36 bits per heavy atom. The third kappa shape index (κ3) is 2.22. The number of benzene rings is 1. The lowest BCUT2D eigenvalue weighted by Gasteiger charge is -2.04. The molecule has 1 aromatic carbocycles. The number of nitriles is 2. The number of halogens is 2. The van der Waals surface area contributed by atoms with Crippen molar-refractivity contribution in [3.8, 4) is 12.1 Å². The van der Waals surface area contributed by atoms with Crippen molar-refractivity contribution >= 4 is 11.6 Å². The normalized spacial score (nSPS) is 9.50. The van der Waals surface area contributed by atoms with Crippen molar-refractivity contribution in [2.75, 3.05) is 0 Å². The molecule has 0 aliphatic heterocycles. The molecule has 14 heavy (non-hydrogen) atoms. The van der Waals surface area contributed by atoms with Crippen molar-refractivity contribution in [1.29, 1.82) is 10.5 Å². The molecule has 0 aliphatic rings. The Balaban J connectivity index is 2.99. The van der Waals surface area contributed by atoms with Gasteiger partial charge in [0.25, 0.3) is 0 Å². The van der Waals surface area contributed by atoms with Gasteiger partial charge in [-0.3, -0.25) is 0 Å². The molecular formula is C10H6ClFN2. The average molecular weight is 209 g/mol. The van der Waals surface area contributed by atoms with E-state index in [1.54, 1.807) is 12.1 Å². The van der Waals surface area contributed by atoms with Crippen LogP contribution in [0.25, 0.3) is 0 Å². The first kappa shape index (κ1) is 10.5. The molecule has 0 aromatic heterocycles. The van der Waals surface area contributed by atoms with Crippen LogP contribution in [0.4, 0.5) is 4.39 Å². The molecule has 0 aliphatic carbocycles. The van der Waals surface area contributed by atoms with Gasteiger partial charge in [-0.2, -0.15) is 10.5 Å². The lowest BCUT2D eigenvalue weighted by Crippen LogP contribution is -2.01. The third-order valence-electron chi connectivity index (χ3n) is 1.78. The van der Waals surface area contributed by atoms with E-state index in [0.717, 1.165) is 0 Å². The maximum absolute atomic E-state index is 13.2. The number of hydrogen-bond acceptors (Lipinski definition) is 2. The van der Waals surface area contributed by atoms with E-state index in [1.165, 1.54) is 18.2 Å². The van der Waals surface area contributed by atoms with Crippen LogP contribution in [0.15, 0.2) is 18.2 Å². The van der Waals surface area contributed by atoms with Crippen molar-refractivity contribution in [3.05, 3.63) is 34.6 Å². The van der Waals surface area contributed by atoms with Crippen molar-refractivity contribution < 1.29 is 4.39 Å². The summed E-state index contributed by atoms with van der Waals surface area (Å²) in [6, 6.07) is 7.81. The van der Waals surface area contributed by atoms with E-state index in [9.17, 15) is 4.39 Å². The second kappa shape index (κ2) is 4.60. The first-order valence-corrected chi connectivity index (χ1v) is 4.29. The fraction of sp³-hybridized carbons (Fsp3) is 0.200. The van der Waals surface area contributed by atoms with Gasteiger partial charge in [-0.15, -0.1) is 0 Å². The van der Waals surface area contributed by atoms with Crippen LogP contribution in [0, 0.1) is 34.4 Å². The van der Waals surface area contributed by atoms with Gasteiger partial charge in [-0.25, -0.2) is 4.39 Å². The topological polar surface area (TPSA) is 47.6 Å². The summed E-state index contributed by atoms with van der Waals surface area (Å²) in [5, 5.41) is 17.3. The van der Waals surface area contributed by atoms with Gasteiger partial charge in [0.2, 0.25) is 0 Å². The number of hydrogen-bond donors (Lipinski definition) is 0. The highest BCUT2D eigenvalue weighted by Gasteiger charge is 2.13. The summed E-state index contributed by atoms with van der Waals surface area (Å²) in [4.78, 5) is 0. The minimum Gasteiger partial charge on any atom is -0.207 e. The second-order valence-electron chi connectivity index (χ2n) is 2.72. The summed E-state index contributed by atoms with van der Waals surface area (Å²) in [6.45, 7) is 0. The lowest BCUT2D eigenvalue weighted by molar-refractivity contribution is 0.603. The van der Waals surface area contributed by atoms with E-state index in [1.807, 2.05) is 0 Å². The van der Waals surface area contributed by atoms with Gasteiger partial charge in [-0.05, 0) is 12.1 Å². The molecule has 1 rings (SSSR count). The molecule has 70 valence electrons. The molecule has 4 heteroatoms. The van der Waals surface area contributed by atoms with Crippen LogP contribution in [0.5, 0.6) is 0 Å². The number of rotatable bonds is 2. The Bertz CT molecular complexity index is 383. The Morgan fingerprint density at radius 3 is 2.50 bits per heavy atom. The van der Waals surface area contributed by atoms with Gasteiger partial charge >= 0.3 is 0 Å². The van der Waals surface area contributed by atoms with Crippen LogP contribution >= 0.6 is 11.6 Å². The van der Waals surface area contributed by atoms with Gasteiger partial charge in [0.1, 0.15) is 11.7 Å².